The summed E-state index contributed by atoms with van der Waals surface area (Å²) >= 11 is 0. The van der Waals surface area contributed by atoms with Crippen LogP contribution in [-0.2, 0) is 23.9 Å². The van der Waals surface area contributed by atoms with Crippen molar-refractivity contribution in [3.63, 3.8) is 0 Å². The lowest BCUT2D eigenvalue weighted by atomic mass is 9.33. The van der Waals surface area contributed by atoms with Crippen LogP contribution in [0, 0.1) is 56.2 Å². The Morgan fingerprint density at radius 1 is 0.870 bits per heavy atom. The van der Waals surface area contributed by atoms with Gasteiger partial charge in [0.1, 0.15) is 24.4 Å². The Bertz CT molecular complexity index is 1310. The van der Waals surface area contributed by atoms with Crippen molar-refractivity contribution in [2.75, 3.05) is 0 Å². The average Bonchev–Trinajstić information content (AvgIpc) is 2.97. The number of Topliss-reactive ketones (excluding diaryl/α,β-unsaturated/α-hetero) is 1. The van der Waals surface area contributed by atoms with Gasteiger partial charge in [0, 0.05) is 5.92 Å². The Hall–Kier alpha value is -1.81. The summed E-state index contributed by atoms with van der Waals surface area (Å²) in [6, 6.07) is 0. The first-order valence-corrected chi connectivity index (χ1v) is 17.6. The third-order valence-electron chi connectivity index (χ3n) is 15.5. The van der Waals surface area contributed by atoms with Gasteiger partial charge in [-0.1, -0.05) is 60.1 Å². The van der Waals surface area contributed by atoms with Crippen molar-refractivity contribution >= 4 is 18.2 Å². The van der Waals surface area contributed by atoms with Crippen molar-refractivity contribution in [2.24, 2.45) is 56.2 Å². The highest BCUT2D eigenvalue weighted by Gasteiger charge is 2.70. The summed E-state index contributed by atoms with van der Waals surface area (Å²) in [5.74, 6) is -0.753. The summed E-state index contributed by atoms with van der Waals surface area (Å²) in [5, 5.41) is 42.2. The zero-order valence-electron chi connectivity index (χ0n) is 28.8. The minimum atomic E-state index is -1.69. The van der Waals surface area contributed by atoms with E-state index >= 15 is 0 Å². The highest BCUT2D eigenvalue weighted by atomic mass is 16.7. The van der Waals surface area contributed by atoms with Crippen LogP contribution >= 0.6 is 0 Å². The van der Waals surface area contributed by atoms with Crippen LogP contribution in [0.4, 0.5) is 0 Å². The predicted octanol–water partition coefficient (Wildman–Crippen LogP) is 5.04. The van der Waals surface area contributed by atoms with Gasteiger partial charge in [-0.15, -0.1) is 0 Å². The SMILES string of the molecule is CC1(C)CC[C@]2(C(=O)O)CC[C@]3(C)C(=CCC4[C@@]5(C)CC[C@H](C(=O)[C@@H]6OC(OC=O)[C@@H](O)[C@H](O)C6O)C(C)(C)C5CC[C@]43C)C2C1. The maximum atomic E-state index is 14.1. The fourth-order valence-corrected chi connectivity index (χ4v) is 12.6. The Morgan fingerprint density at radius 2 is 1.54 bits per heavy atom. The standard InChI is InChI=1S/C37H56O9/c1-32(2)14-16-37(31(43)44)17-15-35(6)20(22(37)18-32)8-9-24-34(5)12-10-21(33(3,4)23(34)11-13-36(24,35)7)25(39)29-27(41)26(40)28(42)30(46-29)45-19-38/h8,19,21-24,26-30,40-42H,9-18H2,1-7H3,(H,43,44)/t21-,22?,23?,24?,26-,27?,28+,29+,30?,34+,35-,36-,37+/m1/s1. The Balaban J connectivity index is 1.31. The molecule has 4 N–H and O–H groups in total. The van der Waals surface area contributed by atoms with Crippen molar-refractivity contribution in [3.05, 3.63) is 11.6 Å². The molecule has 4 saturated carbocycles. The van der Waals surface area contributed by atoms with Crippen LogP contribution in [0.5, 0.6) is 0 Å². The fourth-order valence-electron chi connectivity index (χ4n) is 12.6. The number of carbonyl (C=O) groups is 3. The molecule has 6 aliphatic rings. The zero-order valence-corrected chi connectivity index (χ0v) is 28.8. The number of carboxylic acid groups (broad SMARTS) is 1. The Kier molecular flexibility index (Phi) is 8.03. The second kappa shape index (κ2) is 10.8. The molecular weight excluding hydrogens is 588 g/mol. The molecule has 1 heterocycles. The first-order valence-electron chi connectivity index (χ1n) is 17.6. The van der Waals surface area contributed by atoms with Crippen LogP contribution in [0.2, 0.25) is 0 Å². The summed E-state index contributed by atoms with van der Waals surface area (Å²) in [4.78, 5) is 38.1. The van der Waals surface area contributed by atoms with Crippen LogP contribution in [0.3, 0.4) is 0 Å². The summed E-state index contributed by atoms with van der Waals surface area (Å²) in [7, 11) is 0. The lowest BCUT2D eigenvalue weighted by Gasteiger charge is -2.71. The summed E-state index contributed by atoms with van der Waals surface area (Å²) < 4.78 is 10.4. The number of ketones is 1. The molecule has 1 aliphatic heterocycles. The second-order valence-corrected chi connectivity index (χ2v) is 18.1. The number of carbonyl (C=O) groups excluding carboxylic acids is 2. The van der Waals surface area contributed by atoms with Crippen LogP contribution < -0.4 is 0 Å². The van der Waals surface area contributed by atoms with E-state index in [0.29, 0.717) is 12.3 Å². The third-order valence-corrected chi connectivity index (χ3v) is 15.5. The monoisotopic (exact) mass is 644 g/mol. The van der Waals surface area contributed by atoms with Crippen molar-refractivity contribution in [2.45, 2.75) is 143 Å². The molecule has 46 heavy (non-hydrogen) atoms. The fraction of sp³-hybridized carbons (Fsp3) is 0.865. The highest BCUT2D eigenvalue weighted by Crippen LogP contribution is 2.76. The maximum absolute atomic E-state index is 14.1. The van der Waals surface area contributed by atoms with Gasteiger partial charge < -0.3 is 29.9 Å². The topological polar surface area (TPSA) is 151 Å². The largest absolute Gasteiger partial charge is 0.481 e. The number of rotatable bonds is 5. The molecule has 1 saturated heterocycles. The van der Waals surface area contributed by atoms with Crippen molar-refractivity contribution in [3.8, 4) is 0 Å². The van der Waals surface area contributed by atoms with Gasteiger partial charge in [-0.25, -0.2) is 0 Å². The predicted molar refractivity (Wildman–Crippen MR) is 169 cm³/mol. The van der Waals surface area contributed by atoms with E-state index in [1.807, 2.05) is 0 Å². The summed E-state index contributed by atoms with van der Waals surface area (Å²) in [6.07, 6.45) is 3.01. The molecule has 0 radical (unpaired) electrons. The van der Waals surface area contributed by atoms with Crippen LogP contribution in [0.1, 0.15) is 113 Å². The molecule has 9 nitrogen and oxygen atoms in total. The molecule has 258 valence electrons. The number of hydrogen-bond acceptors (Lipinski definition) is 8. The molecule has 5 unspecified atom stereocenters. The Labute approximate surface area is 273 Å². The number of aliphatic hydroxyl groups is 3. The quantitative estimate of drug-likeness (QED) is 0.238. The minimum Gasteiger partial charge on any atom is -0.481 e. The molecule has 0 spiro atoms. The molecule has 9 heteroatoms. The molecule has 0 aromatic carbocycles. The van der Waals surface area contributed by atoms with Gasteiger partial charge >= 0.3 is 5.97 Å². The Morgan fingerprint density at radius 3 is 2.20 bits per heavy atom. The maximum Gasteiger partial charge on any atom is 0.310 e. The molecule has 0 bridgehead atoms. The van der Waals surface area contributed by atoms with E-state index in [-0.39, 0.29) is 45.8 Å². The molecule has 5 fully saturated rings. The molecule has 5 aliphatic carbocycles. The van der Waals surface area contributed by atoms with Gasteiger partial charge in [0.05, 0.1) is 5.41 Å². The van der Waals surface area contributed by atoms with Crippen molar-refractivity contribution in [1.29, 1.82) is 0 Å². The molecule has 0 amide bonds. The first kappa shape index (κ1) is 34.1. The number of hydrogen-bond donors (Lipinski definition) is 4. The van der Waals surface area contributed by atoms with Gasteiger partial charge in [-0.3, -0.25) is 14.4 Å². The number of aliphatic hydroxyl groups excluding tert-OH is 3. The first-order chi connectivity index (χ1) is 21.3. The van der Waals surface area contributed by atoms with Crippen LogP contribution in [0.15, 0.2) is 11.6 Å². The van der Waals surface area contributed by atoms with E-state index in [0.717, 1.165) is 57.8 Å². The summed E-state index contributed by atoms with van der Waals surface area (Å²) in [5.41, 5.74) is 0.232. The molecular formula is C37H56O9. The van der Waals surface area contributed by atoms with Crippen molar-refractivity contribution in [1.82, 2.24) is 0 Å². The van der Waals surface area contributed by atoms with E-state index in [4.69, 9.17) is 9.47 Å². The van der Waals surface area contributed by atoms with E-state index in [1.165, 1.54) is 5.57 Å². The van der Waals surface area contributed by atoms with Gasteiger partial charge in [-0.2, -0.15) is 0 Å². The van der Waals surface area contributed by atoms with E-state index in [1.54, 1.807) is 0 Å². The van der Waals surface area contributed by atoms with Crippen LogP contribution in [0.25, 0.3) is 0 Å². The van der Waals surface area contributed by atoms with Gasteiger partial charge in [0.15, 0.2) is 5.78 Å². The van der Waals surface area contributed by atoms with E-state index in [9.17, 15) is 34.8 Å². The zero-order chi connectivity index (χ0) is 33.8. The average molecular weight is 645 g/mol. The molecule has 6 rings (SSSR count). The second-order valence-electron chi connectivity index (χ2n) is 18.1. The molecule has 0 aromatic heterocycles. The number of carboxylic acids is 1. The normalized spacial score (nSPS) is 50.8. The third kappa shape index (κ3) is 4.50. The van der Waals surface area contributed by atoms with Crippen molar-refractivity contribution < 1.29 is 44.3 Å². The minimum absolute atomic E-state index is 0.0101. The number of allylic oxidation sites excluding steroid dienone is 2. The van der Waals surface area contributed by atoms with Gasteiger partial charge in [-0.05, 0) is 109 Å². The van der Waals surface area contributed by atoms with Gasteiger partial charge in [0.2, 0.25) is 6.29 Å². The molecule has 0 aromatic rings. The highest BCUT2D eigenvalue weighted by molar-refractivity contribution is 5.87. The lowest BCUT2D eigenvalue weighted by Crippen LogP contribution is -2.66. The van der Waals surface area contributed by atoms with Gasteiger partial charge in [0.25, 0.3) is 6.47 Å². The smallest absolute Gasteiger partial charge is 0.310 e. The lowest BCUT2D eigenvalue weighted by molar-refractivity contribution is -0.280. The number of ether oxygens (including phenoxy) is 2. The summed E-state index contributed by atoms with van der Waals surface area (Å²) in [6.45, 7) is 16.3. The molecule has 13 atom stereocenters. The van der Waals surface area contributed by atoms with E-state index < -0.39 is 53.4 Å². The number of fused-ring (bicyclic) bond motifs is 7. The van der Waals surface area contributed by atoms with E-state index in [2.05, 4.69) is 54.5 Å². The number of aliphatic carboxylic acids is 1. The van der Waals surface area contributed by atoms with Crippen LogP contribution in [-0.4, -0.2) is 69.4 Å².